The van der Waals surface area contributed by atoms with Crippen LogP contribution in [0.3, 0.4) is 0 Å². The van der Waals surface area contributed by atoms with Crippen LogP contribution in [0.25, 0.3) is 11.4 Å². The van der Waals surface area contributed by atoms with Crippen molar-refractivity contribution in [3.05, 3.63) is 30.6 Å². The van der Waals surface area contributed by atoms with E-state index in [1.165, 1.54) is 6.33 Å². The summed E-state index contributed by atoms with van der Waals surface area (Å²) in [7, 11) is 0. The number of amides is 1. The highest BCUT2D eigenvalue weighted by Crippen LogP contribution is 2.19. The van der Waals surface area contributed by atoms with E-state index < -0.39 is 5.54 Å². The van der Waals surface area contributed by atoms with E-state index >= 15 is 0 Å². The molecule has 1 aromatic carbocycles. The number of nitrogens with one attached hydrogen (secondary N) is 2. The molecule has 2 rings (SSSR count). The Morgan fingerprint density at radius 3 is 2.74 bits per heavy atom. The SMILES string of the molecule is CC(C)(N)C(=O)Nc1cccc(-c2ncn[nH]2)c1.Cl. The topological polar surface area (TPSA) is 96.7 Å². The van der Waals surface area contributed by atoms with Crippen LogP contribution in [0.1, 0.15) is 13.8 Å². The van der Waals surface area contributed by atoms with Gasteiger partial charge in [0, 0.05) is 11.3 Å². The maximum absolute atomic E-state index is 11.8. The fraction of sp³-hybridized carbons (Fsp3) is 0.250. The van der Waals surface area contributed by atoms with Crippen molar-refractivity contribution in [2.45, 2.75) is 19.4 Å². The molecule has 2 aromatic rings. The third-order valence-electron chi connectivity index (χ3n) is 2.39. The second-order valence-corrected chi connectivity index (χ2v) is 4.59. The van der Waals surface area contributed by atoms with E-state index in [1.54, 1.807) is 19.9 Å². The van der Waals surface area contributed by atoms with Gasteiger partial charge in [0.15, 0.2) is 5.82 Å². The predicted molar refractivity (Wildman–Crippen MR) is 76.0 cm³/mol. The zero-order chi connectivity index (χ0) is 13.2. The zero-order valence-corrected chi connectivity index (χ0v) is 11.5. The molecule has 0 radical (unpaired) electrons. The first kappa shape index (κ1) is 15.1. The molecule has 0 unspecified atom stereocenters. The van der Waals surface area contributed by atoms with Gasteiger partial charge in [-0.25, -0.2) is 4.98 Å². The Hall–Kier alpha value is -1.92. The van der Waals surface area contributed by atoms with E-state index in [-0.39, 0.29) is 18.3 Å². The number of benzene rings is 1. The van der Waals surface area contributed by atoms with Crippen molar-refractivity contribution in [3.8, 4) is 11.4 Å². The predicted octanol–water partition coefficient (Wildman–Crippen LogP) is 1.57. The zero-order valence-electron chi connectivity index (χ0n) is 10.7. The molecule has 1 amide bonds. The summed E-state index contributed by atoms with van der Waals surface area (Å²) in [4.78, 5) is 15.8. The van der Waals surface area contributed by atoms with Gasteiger partial charge in [0.25, 0.3) is 0 Å². The number of anilines is 1. The number of carbonyl (C=O) groups is 1. The number of aromatic nitrogens is 3. The summed E-state index contributed by atoms with van der Waals surface area (Å²) in [6.45, 7) is 3.31. The minimum atomic E-state index is -0.914. The lowest BCUT2D eigenvalue weighted by molar-refractivity contribution is -0.120. The molecule has 0 aliphatic carbocycles. The summed E-state index contributed by atoms with van der Waals surface area (Å²) >= 11 is 0. The number of halogens is 1. The smallest absolute Gasteiger partial charge is 0.243 e. The van der Waals surface area contributed by atoms with E-state index in [0.29, 0.717) is 11.5 Å². The van der Waals surface area contributed by atoms with Crippen molar-refractivity contribution in [2.24, 2.45) is 5.73 Å². The fourth-order valence-electron chi connectivity index (χ4n) is 1.38. The number of aromatic amines is 1. The van der Waals surface area contributed by atoms with Gasteiger partial charge in [0.2, 0.25) is 5.91 Å². The molecule has 0 bridgehead atoms. The van der Waals surface area contributed by atoms with E-state index in [9.17, 15) is 4.79 Å². The lowest BCUT2D eigenvalue weighted by Gasteiger charge is -2.17. The van der Waals surface area contributed by atoms with Crippen molar-refractivity contribution in [1.82, 2.24) is 15.2 Å². The van der Waals surface area contributed by atoms with Gasteiger partial charge in [-0.15, -0.1) is 12.4 Å². The van der Waals surface area contributed by atoms with Crippen molar-refractivity contribution in [1.29, 1.82) is 0 Å². The second-order valence-electron chi connectivity index (χ2n) is 4.59. The van der Waals surface area contributed by atoms with Gasteiger partial charge in [0.1, 0.15) is 6.33 Å². The van der Waals surface area contributed by atoms with Gasteiger partial charge in [-0.05, 0) is 26.0 Å². The van der Waals surface area contributed by atoms with Crippen LogP contribution in [-0.4, -0.2) is 26.6 Å². The van der Waals surface area contributed by atoms with E-state index in [1.807, 2.05) is 18.2 Å². The molecule has 6 nitrogen and oxygen atoms in total. The monoisotopic (exact) mass is 281 g/mol. The van der Waals surface area contributed by atoms with Crippen LogP contribution in [0.2, 0.25) is 0 Å². The second kappa shape index (κ2) is 5.81. The molecule has 0 saturated carbocycles. The third-order valence-corrected chi connectivity index (χ3v) is 2.39. The third kappa shape index (κ3) is 3.77. The minimum absolute atomic E-state index is 0. The van der Waals surface area contributed by atoms with Crippen molar-refractivity contribution in [2.75, 3.05) is 5.32 Å². The lowest BCUT2D eigenvalue weighted by Crippen LogP contribution is -2.45. The summed E-state index contributed by atoms with van der Waals surface area (Å²) in [5.74, 6) is 0.412. The number of nitrogens with two attached hydrogens (primary N) is 1. The van der Waals surface area contributed by atoms with Crippen molar-refractivity contribution < 1.29 is 4.79 Å². The number of H-pyrrole nitrogens is 1. The van der Waals surface area contributed by atoms with E-state index in [2.05, 4.69) is 20.5 Å². The molecule has 4 N–H and O–H groups in total. The van der Waals surface area contributed by atoms with Crippen LogP contribution >= 0.6 is 12.4 Å². The Balaban J connectivity index is 0.00000180. The van der Waals surface area contributed by atoms with Crippen LogP contribution in [-0.2, 0) is 4.79 Å². The molecule has 0 fully saturated rings. The van der Waals surface area contributed by atoms with Crippen LogP contribution in [0, 0.1) is 0 Å². The molecule has 7 heteroatoms. The Morgan fingerprint density at radius 2 is 2.16 bits per heavy atom. The largest absolute Gasteiger partial charge is 0.324 e. The Labute approximate surface area is 117 Å². The number of hydrogen-bond acceptors (Lipinski definition) is 4. The molecule has 0 saturated heterocycles. The Bertz CT molecular complexity index is 547. The number of nitrogens with zero attached hydrogens (tertiary/aromatic N) is 2. The molecule has 102 valence electrons. The summed E-state index contributed by atoms with van der Waals surface area (Å²) < 4.78 is 0. The molecule has 0 aliphatic rings. The standard InChI is InChI=1S/C12H15N5O.ClH/c1-12(2,13)11(18)16-9-5-3-4-8(6-9)10-14-7-15-17-10;/h3-7H,13H2,1-2H3,(H,16,18)(H,14,15,17);1H. The first-order valence-electron chi connectivity index (χ1n) is 5.53. The van der Waals surface area contributed by atoms with E-state index in [4.69, 9.17) is 5.73 Å². The average Bonchev–Trinajstić information content (AvgIpc) is 2.81. The summed E-state index contributed by atoms with van der Waals surface area (Å²) in [6.07, 6.45) is 1.43. The normalized spacial score (nSPS) is 10.7. The summed E-state index contributed by atoms with van der Waals surface area (Å²) in [5, 5.41) is 9.31. The van der Waals surface area contributed by atoms with Crippen LogP contribution < -0.4 is 11.1 Å². The van der Waals surface area contributed by atoms with Crippen molar-refractivity contribution in [3.63, 3.8) is 0 Å². The van der Waals surface area contributed by atoms with Crippen LogP contribution in [0.4, 0.5) is 5.69 Å². The molecule has 1 aromatic heterocycles. The summed E-state index contributed by atoms with van der Waals surface area (Å²) in [6, 6.07) is 7.31. The van der Waals surface area contributed by atoms with Gasteiger partial charge in [0.05, 0.1) is 5.54 Å². The number of rotatable bonds is 3. The average molecular weight is 282 g/mol. The number of hydrogen-bond donors (Lipinski definition) is 3. The molecule has 0 atom stereocenters. The van der Waals surface area contributed by atoms with Gasteiger partial charge in [-0.2, -0.15) is 5.10 Å². The molecule has 1 heterocycles. The van der Waals surface area contributed by atoms with Gasteiger partial charge in [-0.1, -0.05) is 12.1 Å². The maximum Gasteiger partial charge on any atom is 0.243 e. The first-order chi connectivity index (χ1) is 8.47. The number of carbonyl (C=O) groups excluding carboxylic acids is 1. The first-order valence-corrected chi connectivity index (χ1v) is 5.53. The highest BCUT2D eigenvalue weighted by atomic mass is 35.5. The lowest BCUT2D eigenvalue weighted by atomic mass is 10.1. The highest BCUT2D eigenvalue weighted by Gasteiger charge is 2.21. The Kier molecular flexibility index (Phi) is 4.63. The summed E-state index contributed by atoms with van der Waals surface area (Å²) in [5.41, 5.74) is 6.33. The quantitative estimate of drug-likeness (QED) is 0.795. The maximum atomic E-state index is 11.8. The molecular formula is C12H16ClN5O. The van der Waals surface area contributed by atoms with Gasteiger partial charge >= 0.3 is 0 Å². The minimum Gasteiger partial charge on any atom is -0.324 e. The van der Waals surface area contributed by atoms with Crippen molar-refractivity contribution >= 4 is 24.0 Å². The van der Waals surface area contributed by atoms with Crippen LogP contribution in [0.5, 0.6) is 0 Å². The molecular weight excluding hydrogens is 266 g/mol. The fourth-order valence-corrected chi connectivity index (χ4v) is 1.38. The Morgan fingerprint density at radius 1 is 1.42 bits per heavy atom. The molecule has 0 aliphatic heterocycles. The molecule has 19 heavy (non-hydrogen) atoms. The van der Waals surface area contributed by atoms with Gasteiger partial charge in [-0.3, -0.25) is 9.89 Å². The van der Waals surface area contributed by atoms with Gasteiger partial charge < -0.3 is 11.1 Å². The highest BCUT2D eigenvalue weighted by molar-refractivity contribution is 5.97. The van der Waals surface area contributed by atoms with E-state index in [0.717, 1.165) is 5.56 Å². The van der Waals surface area contributed by atoms with Crippen LogP contribution in [0.15, 0.2) is 30.6 Å². The molecule has 0 spiro atoms.